The summed E-state index contributed by atoms with van der Waals surface area (Å²) in [6.07, 6.45) is 0.860. The second kappa shape index (κ2) is 6.33. The largest absolute Gasteiger partial charge is 0.302 e. The van der Waals surface area contributed by atoms with E-state index < -0.39 is 17.3 Å². The fourth-order valence-corrected chi connectivity index (χ4v) is 6.15. The summed E-state index contributed by atoms with van der Waals surface area (Å²) in [5.41, 5.74) is 3.06. The molecule has 0 saturated carbocycles. The summed E-state index contributed by atoms with van der Waals surface area (Å²) < 4.78 is 0. The number of aldehydes is 1. The van der Waals surface area contributed by atoms with Gasteiger partial charge in [-0.25, -0.2) is 4.90 Å². The standard InChI is InChI=1S/C27H19NO4/c1-15(30)16-7-6-8-17(13-16)28-25(31)23-22-18-9-2-4-11-20(18)27(14-29,24(23)26(28)32)21-12-5-3-10-19(21)22/h2-14,22-24H,1H3/t22?,23-,24-,27?/m0/s1. The molecule has 2 amide bonds. The zero-order valence-electron chi connectivity index (χ0n) is 17.3. The van der Waals surface area contributed by atoms with E-state index in [0.29, 0.717) is 11.3 Å². The maximum absolute atomic E-state index is 13.9. The molecule has 1 fully saturated rings. The number of rotatable bonds is 3. The molecule has 0 aromatic heterocycles. The molecule has 3 aromatic rings. The Balaban J connectivity index is 1.61. The lowest BCUT2D eigenvalue weighted by molar-refractivity contribution is -0.128. The van der Waals surface area contributed by atoms with Crippen LogP contribution in [-0.2, 0) is 19.8 Å². The molecule has 3 aromatic carbocycles. The van der Waals surface area contributed by atoms with Crippen LogP contribution in [0.15, 0.2) is 72.8 Å². The number of carbonyl (C=O) groups is 4. The minimum atomic E-state index is -1.22. The summed E-state index contributed by atoms with van der Waals surface area (Å²) in [5.74, 6) is -2.64. The van der Waals surface area contributed by atoms with E-state index in [4.69, 9.17) is 0 Å². The summed E-state index contributed by atoms with van der Waals surface area (Å²) >= 11 is 0. The van der Waals surface area contributed by atoms with Crippen LogP contribution in [0.5, 0.6) is 0 Å². The molecule has 0 N–H and O–H groups in total. The summed E-state index contributed by atoms with van der Waals surface area (Å²) in [5, 5.41) is 0. The number of hydrogen-bond donors (Lipinski definition) is 0. The van der Waals surface area contributed by atoms with Crippen LogP contribution in [0.1, 0.15) is 45.5 Å². The highest BCUT2D eigenvalue weighted by atomic mass is 16.2. The molecule has 1 saturated heterocycles. The number of carbonyl (C=O) groups excluding carboxylic acids is 4. The number of imide groups is 1. The van der Waals surface area contributed by atoms with E-state index in [2.05, 4.69) is 0 Å². The van der Waals surface area contributed by atoms with Crippen molar-refractivity contribution in [1.82, 2.24) is 0 Å². The van der Waals surface area contributed by atoms with Gasteiger partial charge in [0, 0.05) is 11.5 Å². The SMILES string of the molecule is CC(=O)c1cccc(N2C(=O)[C@@H]3[C@@H](C2=O)C2c4ccccc4C3(C=O)c3ccccc32)c1. The Bertz CT molecular complexity index is 1310. The summed E-state index contributed by atoms with van der Waals surface area (Å²) in [6, 6.07) is 21.8. The van der Waals surface area contributed by atoms with Crippen LogP contribution in [0, 0.1) is 11.8 Å². The predicted octanol–water partition coefficient (Wildman–Crippen LogP) is 3.64. The van der Waals surface area contributed by atoms with Crippen LogP contribution < -0.4 is 4.90 Å². The molecule has 0 unspecified atom stereocenters. The van der Waals surface area contributed by atoms with Crippen molar-refractivity contribution in [3.05, 3.63) is 101 Å². The highest BCUT2D eigenvalue weighted by molar-refractivity contribution is 6.25. The third-order valence-corrected chi connectivity index (χ3v) is 7.38. The van der Waals surface area contributed by atoms with Crippen molar-refractivity contribution in [1.29, 1.82) is 0 Å². The molecule has 2 atom stereocenters. The third kappa shape index (κ3) is 2.08. The van der Waals surface area contributed by atoms with Crippen molar-refractivity contribution >= 4 is 29.6 Å². The van der Waals surface area contributed by atoms with Crippen LogP contribution in [0.3, 0.4) is 0 Å². The smallest absolute Gasteiger partial charge is 0.239 e. The van der Waals surface area contributed by atoms with Crippen LogP contribution in [0.25, 0.3) is 0 Å². The van der Waals surface area contributed by atoms with Gasteiger partial charge in [0.05, 0.1) is 22.9 Å². The number of hydrogen-bond acceptors (Lipinski definition) is 4. The molecule has 5 heteroatoms. The first-order valence-corrected chi connectivity index (χ1v) is 10.6. The Morgan fingerprint density at radius 1 is 0.875 bits per heavy atom. The Morgan fingerprint density at radius 2 is 1.50 bits per heavy atom. The van der Waals surface area contributed by atoms with Crippen LogP contribution in [0.2, 0.25) is 0 Å². The Hall–Kier alpha value is -3.86. The second-order valence-corrected chi connectivity index (χ2v) is 8.76. The van der Waals surface area contributed by atoms with Gasteiger partial charge in [-0.05, 0) is 41.3 Å². The summed E-state index contributed by atoms with van der Waals surface area (Å²) in [7, 11) is 0. The number of amides is 2. The maximum Gasteiger partial charge on any atom is 0.239 e. The first kappa shape index (κ1) is 18.9. The molecular weight excluding hydrogens is 402 g/mol. The van der Waals surface area contributed by atoms with Crippen LogP contribution in [-0.4, -0.2) is 23.9 Å². The topological polar surface area (TPSA) is 71.5 Å². The molecule has 4 aliphatic rings. The normalized spacial score (nSPS) is 27.0. The van der Waals surface area contributed by atoms with Crippen molar-refractivity contribution in [2.45, 2.75) is 18.3 Å². The lowest BCUT2D eigenvalue weighted by Gasteiger charge is -2.51. The van der Waals surface area contributed by atoms with Gasteiger partial charge in [-0.15, -0.1) is 0 Å². The first-order chi connectivity index (χ1) is 15.5. The zero-order chi connectivity index (χ0) is 22.2. The van der Waals surface area contributed by atoms with Gasteiger partial charge in [0.2, 0.25) is 11.8 Å². The van der Waals surface area contributed by atoms with Crippen molar-refractivity contribution in [2.75, 3.05) is 4.90 Å². The molecule has 1 aliphatic heterocycles. The Labute approximate surface area is 184 Å². The minimum absolute atomic E-state index is 0.146. The quantitative estimate of drug-likeness (QED) is 0.368. The monoisotopic (exact) mass is 421 g/mol. The lowest BCUT2D eigenvalue weighted by atomic mass is 9.48. The van der Waals surface area contributed by atoms with E-state index in [1.165, 1.54) is 11.8 Å². The molecule has 7 rings (SSSR count). The van der Waals surface area contributed by atoms with E-state index in [1.54, 1.807) is 24.3 Å². The van der Waals surface area contributed by atoms with Crippen LogP contribution >= 0.6 is 0 Å². The fraction of sp³-hybridized carbons (Fsp3) is 0.185. The molecule has 32 heavy (non-hydrogen) atoms. The lowest BCUT2D eigenvalue weighted by Crippen LogP contribution is -2.54. The van der Waals surface area contributed by atoms with Gasteiger partial charge in [-0.1, -0.05) is 60.7 Å². The van der Waals surface area contributed by atoms with E-state index in [0.717, 1.165) is 28.5 Å². The van der Waals surface area contributed by atoms with E-state index in [1.807, 2.05) is 48.5 Å². The van der Waals surface area contributed by atoms with Gasteiger partial charge in [0.25, 0.3) is 0 Å². The predicted molar refractivity (Wildman–Crippen MR) is 117 cm³/mol. The van der Waals surface area contributed by atoms with Crippen molar-refractivity contribution in [3.63, 3.8) is 0 Å². The average molecular weight is 421 g/mol. The number of anilines is 1. The molecular formula is C27H19NO4. The van der Waals surface area contributed by atoms with Crippen molar-refractivity contribution < 1.29 is 19.2 Å². The molecule has 2 bridgehead atoms. The van der Waals surface area contributed by atoms with Gasteiger partial charge in [-0.2, -0.15) is 0 Å². The van der Waals surface area contributed by atoms with Gasteiger partial charge < -0.3 is 4.79 Å². The first-order valence-electron chi connectivity index (χ1n) is 10.6. The molecule has 3 aliphatic carbocycles. The summed E-state index contributed by atoms with van der Waals surface area (Å²) in [4.78, 5) is 53.7. The highest BCUT2D eigenvalue weighted by Gasteiger charge is 2.68. The number of Topliss-reactive ketones (excluding diaryl/α,β-unsaturated/α-hetero) is 1. The molecule has 156 valence electrons. The molecule has 0 radical (unpaired) electrons. The maximum atomic E-state index is 13.9. The fourth-order valence-electron chi connectivity index (χ4n) is 6.15. The highest BCUT2D eigenvalue weighted by Crippen LogP contribution is 2.63. The molecule has 0 spiro atoms. The van der Waals surface area contributed by atoms with Gasteiger partial charge in [0.15, 0.2) is 5.78 Å². The molecule has 1 heterocycles. The third-order valence-electron chi connectivity index (χ3n) is 7.38. The Morgan fingerprint density at radius 3 is 2.09 bits per heavy atom. The van der Waals surface area contributed by atoms with E-state index in [9.17, 15) is 19.2 Å². The van der Waals surface area contributed by atoms with E-state index in [-0.39, 0.29) is 23.5 Å². The summed E-state index contributed by atoms with van der Waals surface area (Å²) in [6.45, 7) is 1.45. The van der Waals surface area contributed by atoms with Crippen LogP contribution in [0.4, 0.5) is 5.69 Å². The van der Waals surface area contributed by atoms with Gasteiger partial charge in [-0.3, -0.25) is 14.4 Å². The number of benzene rings is 3. The average Bonchev–Trinajstić information content (AvgIpc) is 3.10. The van der Waals surface area contributed by atoms with Gasteiger partial charge in [0.1, 0.15) is 6.29 Å². The zero-order valence-corrected chi connectivity index (χ0v) is 17.3. The van der Waals surface area contributed by atoms with Crippen molar-refractivity contribution in [3.8, 4) is 0 Å². The second-order valence-electron chi connectivity index (χ2n) is 8.76. The Kier molecular flexibility index (Phi) is 3.73. The number of ketones is 1. The van der Waals surface area contributed by atoms with E-state index >= 15 is 0 Å². The molecule has 5 nitrogen and oxygen atoms in total. The minimum Gasteiger partial charge on any atom is -0.302 e. The number of nitrogens with zero attached hydrogens (tertiary/aromatic N) is 1. The van der Waals surface area contributed by atoms with Crippen molar-refractivity contribution in [2.24, 2.45) is 11.8 Å². The van der Waals surface area contributed by atoms with Gasteiger partial charge >= 0.3 is 0 Å².